The lowest BCUT2D eigenvalue weighted by Gasteiger charge is -2.37. The molecular weight excluding hydrogens is 184 g/mol. The van der Waals surface area contributed by atoms with Gasteiger partial charge in [-0.15, -0.1) is 0 Å². The monoisotopic (exact) mass is 212 g/mol. The van der Waals surface area contributed by atoms with Gasteiger partial charge in [-0.3, -0.25) is 0 Å². The minimum absolute atomic E-state index is 0.361. The zero-order valence-electron chi connectivity index (χ0n) is 10.9. The average Bonchev–Trinajstić information content (AvgIpc) is 2.46. The van der Waals surface area contributed by atoms with Crippen LogP contribution >= 0.6 is 0 Å². The molecule has 15 heavy (non-hydrogen) atoms. The van der Waals surface area contributed by atoms with Crippen LogP contribution in [0.5, 0.6) is 0 Å². The Kier molecular flexibility index (Phi) is 4.60. The molecule has 0 amide bonds. The molecule has 0 radical (unpaired) electrons. The summed E-state index contributed by atoms with van der Waals surface area (Å²) in [5.41, 5.74) is 6.59. The maximum atomic E-state index is 6.23. The Morgan fingerprint density at radius 3 is 2.53 bits per heavy atom. The summed E-state index contributed by atoms with van der Waals surface area (Å²) in [6, 6.07) is 1.06. The lowest BCUT2D eigenvalue weighted by molar-refractivity contribution is 0.125. The third-order valence-corrected chi connectivity index (χ3v) is 3.96. The van der Waals surface area contributed by atoms with E-state index in [0.29, 0.717) is 17.5 Å². The Hall–Kier alpha value is -0.0800. The molecule has 1 fully saturated rings. The third kappa shape index (κ3) is 3.18. The SMILES string of the molecule is CCCN(CC1(C)CCCC1N)C(C)C. The Bertz CT molecular complexity index is 191. The normalized spacial score (nSPS) is 31.8. The van der Waals surface area contributed by atoms with Gasteiger partial charge in [-0.1, -0.05) is 20.3 Å². The van der Waals surface area contributed by atoms with Crippen LogP contribution in [0, 0.1) is 5.41 Å². The van der Waals surface area contributed by atoms with Crippen LogP contribution in [0.2, 0.25) is 0 Å². The van der Waals surface area contributed by atoms with Crippen molar-refractivity contribution in [1.82, 2.24) is 4.90 Å². The molecule has 0 spiro atoms. The van der Waals surface area contributed by atoms with Crippen LogP contribution in [0.1, 0.15) is 53.4 Å². The van der Waals surface area contributed by atoms with Gasteiger partial charge in [-0.05, 0) is 45.1 Å². The van der Waals surface area contributed by atoms with Gasteiger partial charge in [0.05, 0.1) is 0 Å². The van der Waals surface area contributed by atoms with Crippen molar-refractivity contribution < 1.29 is 0 Å². The van der Waals surface area contributed by atoms with Crippen LogP contribution in [0.3, 0.4) is 0 Å². The van der Waals surface area contributed by atoms with Crippen molar-refractivity contribution in [3.63, 3.8) is 0 Å². The topological polar surface area (TPSA) is 29.3 Å². The molecule has 0 aromatic heterocycles. The lowest BCUT2D eigenvalue weighted by Crippen LogP contribution is -2.46. The van der Waals surface area contributed by atoms with Gasteiger partial charge in [0.2, 0.25) is 0 Å². The first-order chi connectivity index (χ1) is 6.99. The maximum Gasteiger partial charge on any atom is 0.0105 e. The Morgan fingerprint density at radius 2 is 2.13 bits per heavy atom. The van der Waals surface area contributed by atoms with Crippen molar-refractivity contribution in [2.24, 2.45) is 11.1 Å². The van der Waals surface area contributed by atoms with Gasteiger partial charge in [0.25, 0.3) is 0 Å². The van der Waals surface area contributed by atoms with Gasteiger partial charge in [-0.25, -0.2) is 0 Å². The van der Waals surface area contributed by atoms with E-state index in [4.69, 9.17) is 5.73 Å². The second-order valence-corrected chi connectivity index (χ2v) is 5.72. The molecule has 0 saturated heterocycles. The molecule has 0 heterocycles. The molecule has 0 aromatic carbocycles. The molecule has 0 aliphatic heterocycles. The van der Waals surface area contributed by atoms with E-state index in [1.54, 1.807) is 0 Å². The Balaban J connectivity index is 2.56. The van der Waals surface area contributed by atoms with Crippen molar-refractivity contribution in [3.05, 3.63) is 0 Å². The molecular formula is C13H28N2. The average molecular weight is 212 g/mol. The molecule has 2 unspecified atom stereocenters. The number of nitrogens with zero attached hydrogens (tertiary/aromatic N) is 1. The summed E-state index contributed by atoms with van der Waals surface area (Å²) in [7, 11) is 0. The van der Waals surface area contributed by atoms with Crippen LogP contribution in [-0.2, 0) is 0 Å². The van der Waals surface area contributed by atoms with Crippen LogP contribution < -0.4 is 5.73 Å². The fraction of sp³-hybridized carbons (Fsp3) is 1.00. The minimum Gasteiger partial charge on any atom is -0.327 e. The first kappa shape index (κ1) is 13.0. The van der Waals surface area contributed by atoms with Gasteiger partial charge >= 0.3 is 0 Å². The predicted octanol–water partition coefficient (Wildman–Crippen LogP) is 2.62. The maximum absolute atomic E-state index is 6.23. The summed E-state index contributed by atoms with van der Waals surface area (Å²) in [5, 5.41) is 0. The number of nitrogens with two attached hydrogens (primary N) is 1. The molecule has 2 heteroatoms. The van der Waals surface area contributed by atoms with E-state index in [1.807, 2.05) is 0 Å². The van der Waals surface area contributed by atoms with Crippen LogP contribution in [0.25, 0.3) is 0 Å². The largest absolute Gasteiger partial charge is 0.327 e. The van der Waals surface area contributed by atoms with Gasteiger partial charge in [0, 0.05) is 18.6 Å². The van der Waals surface area contributed by atoms with E-state index in [0.717, 1.165) is 0 Å². The molecule has 2 N–H and O–H groups in total. The summed E-state index contributed by atoms with van der Waals surface area (Å²) in [4.78, 5) is 2.59. The molecule has 1 saturated carbocycles. The molecule has 1 aliphatic rings. The zero-order chi connectivity index (χ0) is 11.5. The second kappa shape index (κ2) is 5.31. The highest BCUT2D eigenvalue weighted by Crippen LogP contribution is 2.37. The molecule has 1 rings (SSSR count). The van der Waals surface area contributed by atoms with E-state index in [1.165, 1.54) is 38.8 Å². The van der Waals surface area contributed by atoms with Gasteiger partial charge in [-0.2, -0.15) is 0 Å². The summed E-state index contributed by atoms with van der Waals surface area (Å²) in [6.07, 6.45) is 5.08. The van der Waals surface area contributed by atoms with Gasteiger partial charge in [0.1, 0.15) is 0 Å². The number of rotatable bonds is 5. The molecule has 0 bridgehead atoms. The summed E-state index contributed by atoms with van der Waals surface area (Å²) in [5.74, 6) is 0. The van der Waals surface area contributed by atoms with E-state index < -0.39 is 0 Å². The molecule has 2 nitrogen and oxygen atoms in total. The third-order valence-electron chi connectivity index (χ3n) is 3.96. The quantitative estimate of drug-likeness (QED) is 0.759. The summed E-state index contributed by atoms with van der Waals surface area (Å²) >= 11 is 0. The molecule has 90 valence electrons. The van der Waals surface area contributed by atoms with Gasteiger partial charge in [0.15, 0.2) is 0 Å². The van der Waals surface area contributed by atoms with E-state index >= 15 is 0 Å². The van der Waals surface area contributed by atoms with Crippen molar-refractivity contribution in [1.29, 1.82) is 0 Å². The fourth-order valence-electron chi connectivity index (χ4n) is 2.73. The van der Waals surface area contributed by atoms with E-state index in [-0.39, 0.29) is 0 Å². The standard InChI is InChI=1S/C13H28N2/c1-5-9-15(11(2)3)10-13(4)8-6-7-12(13)14/h11-12H,5-10,14H2,1-4H3. The highest BCUT2D eigenvalue weighted by molar-refractivity contribution is 4.93. The highest BCUT2D eigenvalue weighted by Gasteiger charge is 2.37. The van der Waals surface area contributed by atoms with Crippen molar-refractivity contribution in [3.8, 4) is 0 Å². The van der Waals surface area contributed by atoms with Crippen LogP contribution in [0.15, 0.2) is 0 Å². The predicted molar refractivity (Wildman–Crippen MR) is 66.9 cm³/mol. The van der Waals surface area contributed by atoms with E-state index in [9.17, 15) is 0 Å². The Labute approximate surface area is 95.2 Å². The number of hydrogen-bond acceptors (Lipinski definition) is 2. The first-order valence-corrected chi connectivity index (χ1v) is 6.49. The fourth-order valence-corrected chi connectivity index (χ4v) is 2.73. The van der Waals surface area contributed by atoms with Crippen LogP contribution in [0.4, 0.5) is 0 Å². The van der Waals surface area contributed by atoms with Crippen LogP contribution in [-0.4, -0.2) is 30.1 Å². The smallest absolute Gasteiger partial charge is 0.0105 e. The Morgan fingerprint density at radius 1 is 1.47 bits per heavy atom. The summed E-state index contributed by atoms with van der Waals surface area (Å²) < 4.78 is 0. The molecule has 0 aromatic rings. The zero-order valence-corrected chi connectivity index (χ0v) is 10.9. The van der Waals surface area contributed by atoms with Crippen molar-refractivity contribution >= 4 is 0 Å². The first-order valence-electron chi connectivity index (χ1n) is 6.49. The van der Waals surface area contributed by atoms with Crippen molar-refractivity contribution in [2.45, 2.75) is 65.5 Å². The minimum atomic E-state index is 0.361. The van der Waals surface area contributed by atoms with Gasteiger partial charge < -0.3 is 10.6 Å². The highest BCUT2D eigenvalue weighted by atomic mass is 15.2. The number of hydrogen-bond donors (Lipinski definition) is 1. The van der Waals surface area contributed by atoms with E-state index in [2.05, 4.69) is 32.6 Å². The molecule has 2 atom stereocenters. The lowest BCUT2D eigenvalue weighted by atomic mass is 9.84. The van der Waals surface area contributed by atoms with Crippen molar-refractivity contribution in [2.75, 3.05) is 13.1 Å². The summed E-state index contributed by atoms with van der Waals surface area (Å²) in [6.45, 7) is 11.6. The molecule has 1 aliphatic carbocycles. The second-order valence-electron chi connectivity index (χ2n) is 5.72.